The summed E-state index contributed by atoms with van der Waals surface area (Å²) in [7, 11) is 0. The number of nitrogens with one attached hydrogen (secondary N) is 1. The van der Waals surface area contributed by atoms with Crippen molar-refractivity contribution < 1.29 is 9.59 Å². The highest BCUT2D eigenvalue weighted by Gasteiger charge is 2.39. The molecule has 19 heavy (non-hydrogen) atoms. The lowest BCUT2D eigenvalue weighted by atomic mass is 9.98. The molecule has 1 saturated heterocycles. The molecule has 0 aliphatic carbocycles. The summed E-state index contributed by atoms with van der Waals surface area (Å²) in [5, 5.41) is 6.49. The molecule has 3 rings (SSSR count). The predicted molar refractivity (Wildman–Crippen MR) is 67.9 cm³/mol. The molecule has 2 amide bonds. The number of nitrogens with zero attached hydrogens (tertiary/aromatic N) is 2. The lowest BCUT2D eigenvalue weighted by Crippen LogP contribution is -2.29. The summed E-state index contributed by atoms with van der Waals surface area (Å²) in [6.45, 7) is 0.289. The molecule has 1 aromatic heterocycles. The number of rotatable bonds is 3. The van der Waals surface area contributed by atoms with Crippen molar-refractivity contribution in [1.82, 2.24) is 15.1 Å². The van der Waals surface area contributed by atoms with Gasteiger partial charge in [0.2, 0.25) is 11.8 Å². The Hall–Kier alpha value is -2.43. The first-order valence-electron chi connectivity index (χ1n) is 6.12. The summed E-state index contributed by atoms with van der Waals surface area (Å²) < 4.78 is 0. The molecule has 0 spiro atoms. The molecule has 0 bridgehead atoms. The highest BCUT2D eigenvalue weighted by Crippen LogP contribution is 2.30. The number of carbonyl (C=O) groups is 2. The van der Waals surface area contributed by atoms with Crippen LogP contribution >= 0.6 is 0 Å². The summed E-state index contributed by atoms with van der Waals surface area (Å²) in [5.41, 5.74) is 1.73. The highest BCUT2D eigenvalue weighted by molar-refractivity contribution is 6.06. The Morgan fingerprint density at radius 2 is 2.05 bits per heavy atom. The number of likely N-dealkylation sites (tertiary alicyclic amines) is 1. The Balaban J connectivity index is 1.81. The maximum atomic E-state index is 12.3. The van der Waals surface area contributed by atoms with Crippen LogP contribution < -0.4 is 0 Å². The van der Waals surface area contributed by atoms with Gasteiger partial charge in [-0.15, -0.1) is 0 Å². The number of carbonyl (C=O) groups excluding carboxylic acids is 2. The SMILES string of the molecule is O=C1CC(c2ccccc2)C(=O)N1Cc1cn[nH]c1. The summed E-state index contributed by atoms with van der Waals surface area (Å²) in [6.07, 6.45) is 3.56. The Morgan fingerprint density at radius 1 is 1.26 bits per heavy atom. The number of hydrogen-bond acceptors (Lipinski definition) is 3. The maximum absolute atomic E-state index is 12.3. The first-order chi connectivity index (χ1) is 9.25. The van der Waals surface area contributed by atoms with Gasteiger partial charge in [-0.3, -0.25) is 19.6 Å². The van der Waals surface area contributed by atoms with Crippen LogP contribution in [0.4, 0.5) is 0 Å². The third kappa shape index (κ3) is 2.14. The first-order valence-corrected chi connectivity index (χ1v) is 6.12. The second-order valence-corrected chi connectivity index (χ2v) is 4.59. The van der Waals surface area contributed by atoms with Gasteiger partial charge in [-0.2, -0.15) is 5.10 Å². The second kappa shape index (κ2) is 4.68. The van der Waals surface area contributed by atoms with Crippen molar-refractivity contribution in [2.45, 2.75) is 18.9 Å². The van der Waals surface area contributed by atoms with Crippen LogP contribution in [0.5, 0.6) is 0 Å². The van der Waals surface area contributed by atoms with E-state index in [1.807, 2.05) is 30.3 Å². The largest absolute Gasteiger partial charge is 0.285 e. The molecular weight excluding hydrogens is 242 g/mol. The number of aromatic nitrogens is 2. The van der Waals surface area contributed by atoms with Gasteiger partial charge < -0.3 is 0 Å². The number of aromatic amines is 1. The van der Waals surface area contributed by atoms with Crippen molar-refractivity contribution in [3.8, 4) is 0 Å². The van der Waals surface area contributed by atoms with Crippen LogP contribution in [0, 0.1) is 0 Å². The normalized spacial score (nSPS) is 19.2. The molecule has 1 aliphatic heterocycles. The molecular formula is C14H13N3O2. The fraction of sp³-hybridized carbons (Fsp3) is 0.214. The van der Waals surface area contributed by atoms with E-state index in [9.17, 15) is 9.59 Å². The van der Waals surface area contributed by atoms with Crippen LogP contribution in [-0.2, 0) is 16.1 Å². The second-order valence-electron chi connectivity index (χ2n) is 4.59. The molecule has 0 saturated carbocycles. The van der Waals surface area contributed by atoms with E-state index in [4.69, 9.17) is 0 Å². The fourth-order valence-electron chi connectivity index (χ4n) is 2.34. The molecule has 1 fully saturated rings. The summed E-state index contributed by atoms with van der Waals surface area (Å²) in [6, 6.07) is 9.43. The highest BCUT2D eigenvalue weighted by atomic mass is 16.2. The molecule has 2 aromatic rings. The van der Waals surface area contributed by atoms with Crippen molar-refractivity contribution in [2.24, 2.45) is 0 Å². The van der Waals surface area contributed by atoms with Gasteiger partial charge in [-0.25, -0.2) is 0 Å². The predicted octanol–water partition coefficient (Wildman–Crippen LogP) is 1.45. The van der Waals surface area contributed by atoms with E-state index < -0.39 is 0 Å². The van der Waals surface area contributed by atoms with Crippen LogP contribution in [0.15, 0.2) is 42.7 Å². The van der Waals surface area contributed by atoms with Crippen molar-refractivity contribution >= 4 is 11.8 Å². The molecule has 1 aromatic carbocycles. The van der Waals surface area contributed by atoms with Gasteiger partial charge in [-0.05, 0) is 5.56 Å². The van der Waals surface area contributed by atoms with Gasteiger partial charge >= 0.3 is 0 Å². The van der Waals surface area contributed by atoms with Crippen molar-refractivity contribution in [2.75, 3.05) is 0 Å². The minimum Gasteiger partial charge on any atom is -0.285 e. The Morgan fingerprint density at radius 3 is 2.74 bits per heavy atom. The average Bonchev–Trinajstić information content (AvgIpc) is 3.03. The number of amides is 2. The lowest BCUT2D eigenvalue weighted by molar-refractivity contribution is -0.139. The van der Waals surface area contributed by atoms with Crippen LogP contribution in [0.25, 0.3) is 0 Å². The average molecular weight is 255 g/mol. The molecule has 1 atom stereocenters. The number of hydrogen-bond donors (Lipinski definition) is 1. The topological polar surface area (TPSA) is 66.1 Å². The molecule has 5 heteroatoms. The van der Waals surface area contributed by atoms with Crippen LogP contribution in [0.3, 0.4) is 0 Å². The van der Waals surface area contributed by atoms with Gasteiger partial charge in [0.1, 0.15) is 0 Å². The van der Waals surface area contributed by atoms with E-state index >= 15 is 0 Å². The van der Waals surface area contributed by atoms with E-state index in [1.54, 1.807) is 12.4 Å². The smallest absolute Gasteiger partial charge is 0.237 e. The number of H-pyrrole nitrogens is 1. The van der Waals surface area contributed by atoms with Crippen LogP contribution in [0.1, 0.15) is 23.5 Å². The number of benzene rings is 1. The third-order valence-corrected chi connectivity index (χ3v) is 3.34. The fourth-order valence-corrected chi connectivity index (χ4v) is 2.34. The summed E-state index contributed by atoms with van der Waals surface area (Å²) in [4.78, 5) is 25.6. The monoisotopic (exact) mass is 255 g/mol. The minimum absolute atomic E-state index is 0.125. The van der Waals surface area contributed by atoms with E-state index in [-0.39, 0.29) is 30.7 Å². The van der Waals surface area contributed by atoms with Crippen molar-refractivity contribution in [3.63, 3.8) is 0 Å². The lowest BCUT2D eigenvalue weighted by Gasteiger charge is -2.13. The molecule has 1 unspecified atom stereocenters. The number of imide groups is 1. The zero-order valence-electron chi connectivity index (χ0n) is 10.2. The Bertz CT molecular complexity index is 592. The first kappa shape index (κ1) is 11.6. The standard InChI is InChI=1S/C14H13N3O2/c18-13-6-12(11-4-2-1-3-5-11)14(19)17(13)9-10-7-15-16-8-10/h1-5,7-8,12H,6,9H2,(H,15,16). The van der Waals surface area contributed by atoms with E-state index in [0.717, 1.165) is 11.1 Å². The maximum Gasteiger partial charge on any atom is 0.237 e. The molecule has 1 aliphatic rings. The van der Waals surface area contributed by atoms with Gasteiger partial charge in [-0.1, -0.05) is 30.3 Å². The molecule has 96 valence electrons. The van der Waals surface area contributed by atoms with Gasteiger partial charge in [0.15, 0.2) is 0 Å². The molecule has 1 N–H and O–H groups in total. The summed E-state index contributed by atoms with van der Waals surface area (Å²) in [5.74, 6) is -0.599. The van der Waals surface area contributed by atoms with Crippen LogP contribution in [0.2, 0.25) is 0 Å². The van der Waals surface area contributed by atoms with E-state index in [1.165, 1.54) is 4.90 Å². The quantitative estimate of drug-likeness (QED) is 0.844. The summed E-state index contributed by atoms with van der Waals surface area (Å²) >= 11 is 0. The van der Waals surface area contributed by atoms with Gasteiger partial charge in [0.25, 0.3) is 0 Å². The van der Waals surface area contributed by atoms with Gasteiger partial charge in [0.05, 0.1) is 18.7 Å². The van der Waals surface area contributed by atoms with Crippen molar-refractivity contribution in [3.05, 3.63) is 53.9 Å². The van der Waals surface area contributed by atoms with E-state index in [2.05, 4.69) is 10.2 Å². The van der Waals surface area contributed by atoms with E-state index in [0.29, 0.717) is 0 Å². The zero-order valence-corrected chi connectivity index (χ0v) is 10.2. The van der Waals surface area contributed by atoms with Gasteiger partial charge in [0, 0.05) is 18.2 Å². The molecule has 2 heterocycles. The third-order valence-electron chi connectivity index (χ3n) is 3.34. The minimum atomic E-state index is -0.347. The zero-order chi connectivity index (χ0) is 13.2. The van der Waals surface area contributed by atoms with Crippen molar-refractivity contribution in [1.29, 1.82) is 0 Å². The Labute approximate surface area is 110 Å². The van der Waals surface area contributed by atoms with Crippen LogP contribution in [-0.4, -0.2) is 26.9 Å². The molecule has 5 nitrogen and oxygen atoms in total. The molecule has 0 radical (unpaired) electrons. The Kier molecular flexibility index (Phi) is 2.87.